The van der Waals surface area contributed by atoms with Gasteiger partial charge in [0.25, 0.3) is 11.8 Å². The van der Waals surface area contributed by atoms with Gasteiger partial charge in [0.1, 0.15) is 0 Å². The molecule has 0 saturated heterocycles. The van der Waals surface area contributed by atoms with E-state index in [-0.39, 0.29) is 24.9 Å². The summed E-state index contributed by atoms with van der Waals surface area (Å²) in [6.45, 7) is 0.208. The van der Waals surface area contributed by atoms with E-state index in [2.05, 4.69) is 10.6 Å². The number of hydrogen-bond acceptors (Lipinski definition) is 3. The fourth-order valence-electron chi connectivity index (χ4n) is 2.47. The second kappa shape index (κ2) is 7.13. The van der Waals surface area contributed by atoms with E-state index < -0.39 is 6.03 Å². The lowest BCUT2D eigenvalue weighted by Gasteiger charge is -2.14. The molecule has 2 aromatic rings. The number of urea groups is 1. The molecule has 0 fully saturated rings. The molecule has 0 aliphatic carbocycles. The molecule has 0 bridgehead atoms. The van der Waals surface area contributed by atoms with E-state index in [1.54, 1.807) is 36.4 Å². The van der Waals surface area contributed by atoms with Crippen molar-refractivity contribution in [3.8, 4) is 0 Å². The van der Waals surface area contributed by atoms with Crippen LogP contribution in [0.2, 0.25) is 10.0 Å². The van der Waals surface area contributed by atoms with Crippen molar-refractivity contribution in [1.29, 1.82) is 0 Å². The third kappa shape index (κ3) is 3.60. The SMILES string of the molecule is O=C(NCCN1C(=O)c2ccccc2C1=O)Nc1ccc(Cl)c(Cl)c1. The largest absolute Gasteiger partial charge is 0.336 e. The van der Waals surface area contributed by atoms with Crippen LogP contribution in [0.25, 0.3) is 0 Å². The van der Waals surface area contributed by atoms with Crippen LogP contribution in [0, 0.1) is 0 Å². The van der Waals surface area contributed by atoms with Gasteiger partial charge in [0.05, 0.1) is 21.2 Å². The molecule has 2 aromatic carbocycles. The zero-order chi connectivity index (χ0) is 18.0. The first kappa shape index (κ1) is 17.3. The van der Waals surface area contributed by atoms with Crippen molar-refractivity contribution < 1.29 is 14.4 Å². The normalized spacial score (nSPS) is 13.0. The highest BCUT2D eigenvalue weighted by atomic mass is 35.5. The Bertz CT molecular complexity index is 835. The number of carbonyl (C=O) groups is 3. The van der Waals surface area contributed by atoms with Crippen molar-refractivity contribution in [2.24, 2.45) is 0 Å². The van der Waals surface area contributed by atoms with E-state index in [4.69, 9.17) is 23.2 Å². The second-order valence-electron chi connectivity index (χ2n) is 5.32. The van der Waals surface area contributed by atoms with Crippen LogP contribution in [0.1, 0.15) is 20.7 Å². The average Bonchev–Trinajstić information content (AvgIpc) is 2.83. The molecule has 0 radical (unpaired) electrons. The van der Waals surface area contributed by atoms with Gasteiger partial charge in [0.15, 0.2) is 0 Å². The van der Waals surface area contributed by atoms with Crippen molar-refractivity contribution in [3.63, 3.8) is 0 Å². The third-order valence-electron chi connectivity index (χ3n) is 3.68. The molecule has 1 aliphatic heterocycles. The minimum atomic E-state index is -0.477. The fourth-order valence-corrected chi connectivity index (χ4v) is 2.77. The number of imide groups is 1. The first-order valence-electron chi connectivity index (χ1n) is 7.42. The molecule has 3 rings (SSSR count). The van der Waals surface area contributed by atoms with E-state index in [0.717, 1.165) is 4.90 Å². The number of rotatable bonds is 4. The minimum absolute atomic E-state index is 0.0845. The van der Waals surface area contributed by atoms with Crippen LogP contribution in [0.5, 0.6) is 0 Å². The molecule has 6 nitrogen and oxygen atoms in total. The van der Waals surface area contributed by atoms with Crippen LogP contribution in [-0.2, 0) is 0 Å². The van der Waals surface area contributed by atoms with E-state index in [1.165, 1.54) is 6.07 Å². The molecular weight excluding hydrogens is 365 g/mol. The summed E-state index contributed by atoms with van der Waals surface area (Å²) >= 11 is 11.7. The molecule has 128 valence electrons. The molecule has 0 aromatic heterocycles. The molecule has 0 atom stereocenters. The summed E-state index contributed by atoms with van der Waals surface area (Å²) in [5.74, 6) is -0.709. The third-order valence-corrected chi connectivity index (χ3v) is 4.42. The summed E-state index contributed by atoms with van der Waals surface area (Å²) < 4.78 is 0. The Morgan fingerprint density at radius 1 is 0.960 bits per heavy atom. The molecule has 25 heavy (non-hydrogen) atoms. The predicted octanol–water partition coefficient (Wildman–Crippen LogP) is 3.41. The van der Waals surface area contributed by atoms with Crippen LogP contribution in [0.4, 0.5) is 10.5 Å². The zero-order valence-electron chi connectivity index (χ0n) is 12.9. The summed E-state index contributed by atoms with van der Waals surface area (Å²) in [5, 5.41) is 5.89. The highest BCUT2D eigenvalue weighted by Crippen LogP contribution is 2.25. The van der Waals surface area contributed by atoms with Gasteiger partial charge in [-0.05, 0) is 30.3 Å². The number of carbonyl (C=O) groups excluding carboxylic acids is 3. The Morgan fingerprint density at radius 2 is 1.60 bits per heavy atom. The summed E-state index contributed by atoms with van der Waals surface area (Å²) in [6.07, 6.45) is 0. The molecule has 1 heterocycles. The standard InChI is InChI=1S/C17H13Cl2N3O3/c18-13-6-5-10(9-14(13)19)21-17(25)20-7-8-22-15(23)11-3-1-2-4-12(11)16(22)24/h1-6,9H,7-8H2,(H2,20,21,25). The van der Waals surface area contributed by atoms with Crippen LogP contribution >= 0.6 is 23.2 Å². The highest BCUT2D eigenvalue weighted by molar-refractivity contribution is 6.42. The van der Waals surface area contributed by atoms with Gasteiger partial charge in [-0.2, -0.15) is 0 Å². The maximum Gasteiger partial charge on any atom is 0.319 e. The van der Waals surface area contributed by atoms with Gasteiger partial charge < -0.3 is 10.6 Å². The highest BCUT2D eigenvalue weighted by Gasteiger charge is 2.34. The quantitative estimate of drug-likeness (QED) is 0.801. The molecule has 0 unspecified atom stereocenters. The number of anilines is 1. The molecule has 1 aliphatic rings. The Labute approximate surface area is 153 Å². The second-order valence-corrected chi connectivity index (χ2v) is 6.13. The Balaban J connectivity index is 1.53. The van der Waals surface area contributed by atoms with Gasteiger partial charge in [0.2, 0.25) is 0 Å². The topological polar surface area (TPSA) is 78.5 Å². The van der Waals surface area contributed by atoms with Crippen molar-refractivity contribution in [3.05, 3.63) is 63.6 Å². The van der Waals surface area contributed by atoms with Gasteiger partial charge in [-0.25, -0.2) is 4.79 Å². The monoisotopic (exact) mass is 377 g/mol. The smallest absolute Gasteiger partial charge is 0.319 e. The number of fused-ring (bicyclic) bond motifs is 1. The molecule has 8 heteroatoms. The van der Waals surface area contributed by atoms with Crippen molar-refractivity contribution in [2.75, 3.05) is 18.4 Å². The van der Waals surface area contributed by atoms with Gasteiger partial charge >= 0.3 is 6.03 Å². The average molecular weight is 378 g/mol. The lowest BCUT2D eigenvalue weighted by Crippen LogP contribution is -2.39. The van der Waals surface area contributed by atoms with E-state index in [1.807, 2.05) is 0 Å². The Morgan fingerprint density at radius 3 is 2.20 bits per heavy atom. The van der Waals surface area contributed by atoms with Gasteiger partial charge in [0, 0.05) is 18.8 Å². The molecule has 0 saturated carbocycles. The number of hydrogen-bond donors (Lipinski definition) is 2. The summed E-state index contributed by atoms with van der Waals surface area (Å²) in [4.78, 5) is 37.4. The van der Waals surface area contributed by atoms with Gasteiger partial charge in [-0.15, -0.1) is 0 Å². The van der Waals surface area contributed by atoms with E-state index in [0.29, 0.717) is 26.9 Å². The van der Waals surface area contributed by atoms with Crippen LogP contribution < -0.4 is 10.6 Å². The van der Waals surface area contributed by atoms with Gasteiger partial charge in [-0.3, -0.25) is 14.5 Å². The zero-order valence-corrected chi connectivity index (χ0v) is 14.4. The number of halogens is 2. The van der Waals surface area contributed by atoms with Crippen LogP contribution in [-0.4, -0.2) is 35.8 Å². The molecule has 4 amide bonds. The van der Waals surface area contributed by atoms with Crippen molar-refractivity contribution in [2.45, 2.75) is 0 Å². The minimum Gasteiger partial charge on any atom is -0.336 e. The lowest BCUT2D eigenvalue weighted by molar-refractivity contribution is 0.0656. The van der Waals surface area contributed by atoms with Crippen LogP contribution in [0.15, 0.2) is 42.5 Å². The van der Waals surface area contributed by atoms with Crippen LogP contribution in [0.3, 0.4) is 0 Å². The molecule has 2 N–H and O–H groups in total. The maximum atomic E-state index is 12.2. The number of nitrogens with zero attached hydrogens (tertiary/aromatic N) is 1. The van der Waals surface area contributed by atoms with E-state index >= 15 is 0 Å². The first-order valence-corrected chi connectivity index (χ1v) is 8.18. The first-order chi connectivity index (χ1) is 12.0. The lowest BCUT2D eigenvalue weighted by atomic mass is 10.1. The Kier molecular flexibility index (Phi) is 4.92. The Hall–Kier alpha value is -2.57. The summed E-state index contributed by atoms with van der Waals surface area (Å²) in [7, 11) is 0. The van der Waals surface area contributed by atoms with Crippen molar-refractivity contribution in [1.82, 2.24) is 10.2 Å². The summed E-state index contributed by atoms with van der Waals surface area (Å²) in [6, 6.07) is 10.9. The molecular formula is C17H13Cl2N3O3. The van der Waals surface area contributed by atoms with Gasteiger partial charge in [-0.1, -0.05) is 35.3 Å². The number of amides is 4. The molecule has 0 spiro atoms. The van der Waals surface area contributed by atoms with E-state index in [9.17, 15) is 14.4 Å². The predicted molar refractivity (Wildman–Crippen MR) is 95.3 cm³/mol. The summed E-state index contributed by atoms with van der Waals surface area (Å²) in [5.41, 5.74) is 1.24. The van der Waals surface area contributed by atoms with Crippen molar-refractivity contribution >= 4 is 46.7 Å². The number of nitrogens with one attached hydrogen (secondary N) is 2. The number of benzene rings is 2. The maximum absolute atomic E-state index is 12.2. The fraction of sp³-hybridized carbons (Fsp3) is 0.118.